The van der Waals surface area contributed by atoms with Crippen molar-refractivity contribution in [3.8, 4) is 17.2 Å². The second-order valence-corrected chi connectivity index (χ2v) is 6.84. The molecule has 3 rings (SSSR count). The molecule has 0 spiro atoms. The van der Waals surface area contributed by atoms with Gasteiger partial charge in [-0.15, -0.1) is 0 Å². The van der Waals surface area contributed by atoms with Crippen molar-refractivity contribution in [3.63, 3.8) is 0 Å². The van der Waals surface area contributed by atoms with E-state index >= 15 is 0 Å². The van der Waals surface area contributed by atoms with Crippen molar-refractivity contribution in [2.45, 2.75) is 0 Å². The summed E-state index contributed by atoms with van der Waals surface area (Å²) in [4.78, 5) is 29.6. The SMILES string of the molecule is COc1cc(C(=O)ON=C2C=CC(=NNC(=O)c3ccccc3Cl)C=C2)cc(OC)c1OC. The summed E-state index contributed by atoms with van der Waals surface area (Å²) in [6.07, 6.45) is 6.34. The van der Waals surface area contributed by atoms with E-state index in [0.717, 1.165) is 0 Å². The van der Waals surface area contributed by atoms with Gasteiger partial charge in [0, 0.05) is 0 Å². The summed E-state index contributed by atoms with van der Waals surface area (Å²) in [5.74, 6) is -0.166. The first-order valence-electron chi connectivity index (χ1n) is 9.55. The van der Waals surface area contributed by atoms with Gasteiger partial charge in [0.1, 0.15) is 5.71 Å². The molecule has 0 atom stereocenters. The highest BCUT2D eigenvalue weighted by atomic mass is 35.5. The van der Waals surface area contributed by atoms with Crippen molar-refractivity contribution in [1.29, 1.82) is 0 Å². The van der Waals surface area contributed by atoms with Crippen LogP contribution in [0.15, 0.2) is 71.0 Å². The van der Waals surface area contributed by atoms with Gasteiger partial charge in [0.05, 0.1) is 43.2 Å². The topological polar surface area (TPSA) is 108 Å². The molecule has 0 saturated carbocycles. The molecule has 33 heavy (non-hydrogen) atoms. The minimum Gasteiger partial charge on any atom is -0.493 e. The summed E-state index contributed by atoms with van der Waals surface area (Å²) >= 11 is 6.00. The summed E-state index contributed by atoms with van der Waals surface area (Å²) < 4.78 is 15.7. The maximum atomic E-state index is 12.4. The van der Waals surface area contributed by atoms with Crippen molar-refractivity contribution >= 4 is 34.9 Å². The summed E-state index contributed by atoms with van der Waals surface area (Å²) in [6.45, 7) is 0. The van der Waals surface area contributed by atoms with E-state index in [9.17, 15) is 9.59 Å². The number of oxime groups is 1. The van der Waals surface area contributed by atoms with Gasteiger partial charge in [-0.25, -0.2) is 10.2 Å². The van der Waals surface area contributed by atoms with Gasteiger partial charge in [-0.2, -0.15) is 5.10 Å². The van der Waals surface area contributed by atoms with E-state index in [1.165, 1.54) is 33.5 Å². The van der Waals surface area contributed by atoms with E-state index < -0.39 is 11.9 Å². The molecule has 2 aromatic rings. The third-order valence-electron chi connectivity index (χ3n) is 4.39. The molecule has 1 N–H and O–H groups in total. The number of nitrogens with zero attached hydrogens (tertiary/aromatic N) is 2. The van der Waals surface area contributed by atoms with Crippen LogP contribution < -0.4 is 19.6 Å². The fourth-order valence-corrected chi connectivity index (χ4v) is 2.98. The van der Waals surface area contributed by atoms with Gasteiger partial charge in [0.15, 0.2) is 11.5 Å². The van der Waals surface area contributed by atoms with E-state index in [1.807, 2.05) is 0 Å². The zero-order chi connectivity index (χ0) is 23.8. The van der Waals surface area contributed by atoms with E-state index in [1.54, 1.807) is 48.6 Å². The lowest BCUT2D eigenvalue weighted by Crippen LogP contribution is -2.19. The largest absolute Gasteiger partial charge is 0.493 e. The van der Waals surface area contributed by atoms with E-state index in [4.69, 9.17) is 30.6 Å². The van der Waals surface area contributed by atoms with Crippen LogP contribution in [0, 0.1) is 0 Å². The Morgan fingerprint density at radius 1 is 0.879 bits per heavy atom. The molecule has 2 aromatic carbocycles. The first kappa shape index (κ1) is 23.6. The molecule has 0 fully saturated rings. The third-order valence-corrected chi connectivity index (χ3v) is 4.72. The molecular formula is C23H20ClN3O6. The molecule has 170 valence electrons. The maximum absolute atomic E-state index is 12.4. The smallest absolute Gasteiger partial charge is 0.366 e. The van der Waals surface area contributed by atoms with Crippen LogP contribution in [0.2, 0.25) is 5.02 Å². The molecule has 0 unspecified atom stereocenters. The number of ether oxygens (including phenoxy) is 3. The lowest BCUT2D eigenvalue weighted by molar-refractivity contribution is 0.0516. The van der Waals surface area contributed by atoms with Gasteiger partial charge in [-0.3, -0.25) is 4.79 Å². The van der Waals surface area contributed by atoms with Crippen molar-refractivity contribution in [2.24, 2.45) is 10.3 Å². The first-order chi connectivity index (χ1) is 16.0. The van der Waals surface area contributed by atoms with Crippen LogP contribution >= 0.6 is 11.6 Å². The number of amides is 1. The van der Waals surface area contributed by atoms with Crippen LogP contribution in [-0.4, -0.2) is 44.6 Å². The van der Waals surface area contributed by atoms with Crippen LogP contribution in [0.1, 0.15) is 20.7 Å². The standard InChI is InChI=1S/C23H20ClN3O6/c1-30-19-12-14(13-20(31-2)21(19)32-3)23(29)33-27-16-10-8-15(9-11-16)25-26-22(28)17-6-4-5-7-18(17)24/h4-13H,1-3H3,(H,26,28). The fourth-order valence-electron chi connectivity index (χ4n) is 2.75. The lowest BCUT2D eigenvalue weighted by Gasteiger charge is -2.13. The van der Waals surface area contributed by atoms with Crippen molar-refractivity contribution in [1.82, 2.24) is 5.43 Å². The summed E-state index contributed by atoms with van der Waals surface area (Å²) in [5, 5.41) is 8.16. The number of benzene rings is 2. The minimum atomic E-state index is -0.713. The van der Waals surface area contributed by atoms with Crippen molar-refractivity contribution in [2.75, 3.05) is 21.3 Å². The Hall–Kier alpha value is -4.11. The zero-order valence-corrected chi connectivity index (χ0v) is 18.8. The predicted molar refractivity (Wildman–Crippen MR) is 124 cm³/mol. The van der Waals surface area contributed by atoms with Gasteiger partial charge >= 0.3 is 5.97 Å². The molecule has 10 heteroatoms. The van der Waals surface area contributed by atoms with Crippen LogP contribution in [-0.2, 0) is 4.84 Å². The second-order valence-electron chi connectivity index (χ2n) is 6.43. The van der Waals surface area contributed by atoms with Crippen LogP contribution in [0.25, 0.3) is 0 Å². The quantitative estimate of drug-likeness (QED) is 0.375. The summed E-state index contributed by atoms with van der Waals surface area (Å²) in [5.41, 5.74) is 3.74. The monoisotopic (exact) mass is 469 g/mol. The number of hydrazone groups is 1. The number of nitrogens with one attached hydrogen (secondary N) is 1. The fraction of sp³-hybridized carbons (Fsp3) is 0.130. The van der Waals surface area contributed by atoms with Gasteiger partial charge in [-0.1, -0.05) is 28.9 Å². The molecule has 1 aliphatic carbocycles. The number of allylic oxidation sites excluding steroid dienone is 4. The number of halogens is 1. The number of hydrogen-bond donors (Lipinski definition) is 1. The zero-order valence-electron chi connectivity index (χ0n) is 18.0. The van der Waals surface area contributed by atoms with E-state index in [-0.39, 0.29) is 5.56 Å². The predicted octanol–water partition coefficient (Wildman–Crippen LogP) is 3.79. The number of rotatable bonds is 7. The average molecular weight is 470 g/mol. The molecule has 0 heterocycles. The molecule has 1 aliphatic rings. The van der Waals surface area contributed by atoms with Crippen LogP contribution in [0.4, 0.5) is 0 Å². The van der Waals surface area contributed by atoms with E-state index in [0.29, 0.717) is 39.3 Å². The molecular weight excluding hydrogens is 450 g/mol. The Morgan fingerprint density at radius 3 is 2.06 bits per heavy atom. The molecule has 9 nitrogen and oxygen atoms in total. The molecule has 0 bridgehead atoms. The highest BCUT2D eigenvalue weighted by Gasteiger charge is 2.18. The highest BCUT2D eigenvalue weighted by molar-refractivity contribution is 6.33. The van der Waals surface area contributed by atoms with Gasteiger partial charge in [0.25, 0.3) is 5.91 Å². The molecule has 1 amide bonds. The van der Waals surface area contributed by atoms with Gasteiger partial charge in [-0.05, 0) is 48.6 Å². The van der Waals surface area contributed by atoms with Crippen LogP contribution in [0.5, 0.6) is 17.2 Å². The molecule has 0 radical (unpaired) electrons. The first-order valence-corrected chi connectivity index (χ1v) is 9.92. The summed E-state index contributed by atoms with van der Waals surface area (Å²) in [6, 6.07) is 9.57. The maximum Gasteiger partial charge on any atom is 0.366 e. The van der Waals surface area contributed by atoms with Crippen molar-refractivity contribution in [3.05, 3.63) is 76.9 Å². The summed E-state index contributed by atoms with van der Waals surface area (Å²) in [7, 11) is 4.35. The normalized spacial score (nSPS) is 12.1. The Bertz CT molecular complexity index is 1140. The van der Waals surface area contributed by atoms with E-state index in [2.05, 4.69) is 15.7 Å². The Kier molecular flexibility index (Phi) is 7.82. The van der Waals surface area contributed by atoms with Crippen LogP contribution in [0.3, 0.4) is 0 Å². The number of carbonyl (C=O) groups excluding carboxylic acids is 2. The Balaban J connectivity index is 1.64. The number of methoxy groups -OCH3 is 3. The van der Waals surface area contributed by atoms with Gasteiger partial charge < -0.3 is 19.0 Å². The average Bonchev–Trinajstić information content (AvgIpc) is 2.85. The lowest BCUT2D eigenvalue weighted by atomic mass is 10.1. The number of hydrogen-bond acceptors (Lipinski definition) is 8. The number of carbonyl (C=O) groups is 2. The molecule has 0 aromatic heterocycles. The minimum absolute atomic E-state index is 0.169. The second kappa shape index (κ2) is 11.0. The highest BCUT2D eigenvalue weighted by Crippen LogP contribution is 2.38. The third kappa shape index (κ3) is 5.78. The van der Waals surface area contributed by atoms with Crippen molar-refractivity contribution < 1.29 is 28.6 Å². The Morgan fingerprint density at radius 2 is 1.48 bits per heavy atom. The van der Waals surface area contributed by atoms with Gasteiger partial charge in [0.2, 0.25) is 5.75 Å². The molecule has 0 saturated heterocycles. The Labute approximate surface area is 194 Å². The molecule has 0 aliphatic heterocycles.